The quantitative estimate of drug-likeness (QED) is 0.873. The van der Waals surface area contributed by atoms with Crippen LogP contribution in [-0.4, -0.2) is 4.98 Å². The smallest absolute Gasteiger partial charge is 0.0931 e. The summed E-state index contributed by atoms with van der Waals surface area (Å²) in [5, 5.41) is 0. The number of halogens is 1. The van der Waals surface area contributed by atoms with Gasteiger partial charge in [-0.05, 0) is 36.8 Å². The molecule has 0 amide bonds. The first-order valence-corrected chi connectivity index (χ1v) is 5.79. The third kappa shape index (κ3) is 2.37. The average molecular weight is 239 g/mol. The van der Waals surface area contributed by atoms with E-state index in [1.165, 1.54) is 11.3 Å². The Morgan fingerprint density at radius 1 is 1.40 bits per heavy atom. The molecule has 0 aliphatic rings. The Morgan fingerprint density at radius 2 is 2.20 bits per heavy atom. The Balaban J connectivity index is 2.32. The second-order valence-electron chi connectivity index (χ2n) is 3.35. The van der Waals surface area contributed by atoms with Crippen LogP contribution in [0.1, 0.15) is 22.2 Å². The summed E-state index contributed by atoms with van der Waals surface area (Å²) in [6.07, 6.45) is 1.78. The summed E-state index contributed by atoms with van der Waals surface area (Å²) >= 11 is 7.39. The molecule has 1 atom stereocenters. The molecule has 1 unspecified atom stereocenters. The normalized spacial score (nSPS) is 12.7. The first kappa shape index (κ1) is 10.6. The summed E-state index contributed by atoms with van der Waals surface area (Å²) in [4.78, 5) is 5.22. The van der Waals surface area contributed by atoms with Gasteiger partial charge in [0, 0.05) is 16.8 Å². The summed E-state index contributed by atoms with van der Waals surface area (Å²) in [5.41, 5.74) is 8.17. The third-order valence-electron chi connectivity index (χ3n) is 2.18. The predicted octanol–water partition coefficient (Wildman–Crippen LogP) is 3.15. The molecule has 2 heterocycles. The van der Waals surface area contributed by atoms with Gasteiger partial charge < -0.3 is 5.73 Å². The van der Waals surface area contributed by atoms with Crippen molar-refractivity contribution in [1.29, 1.82) is 0 Å². The molecule has 4 heteroatoms. The van der Waals surface area contributed by atoms with Crippen molar-refractivity contribution in [3.05, 3.63) is 50.9 Å². The topological polar surface area (TPSA) is 38.9 Å². The monoisotopic (exact) mass is 238 g/mol. The Hall–Kier alpha value is -0.900. The lowest BCUT2D eigenvalue weighted by Gasteiger charge is -2.09. The van der Waals surface area contributed by atoms with Crippen molar-refractivity contribution in [2.24, 2.45) is 5.73 Å². The lowest BCUT2D eigenvalue weighted by atomic mass is 10.1. The van der Waals surface area contributed by atoms with E-state index in [2.05, 4.69) is 4.98 Å². The molecule has 0 spiro atoms. The maximum atomic E-state index is 6.12. The number of hydrogen-bond acceptors (Lipinski definition) is 3. The number of nitrogens with two attached hydrogens (primary N) is 1. The molecule has 0 saturated carbocycles. The molecular weight excluding hydrogens is 228 g/mol. The fourth-order valence-electron chi connectivity index (χ4n) is 1.42. The Kier molecular flexibility index (Phi) is 3.05. The zero-order chi connectivity index (χ0) is 10.8. The van der Waals surface area contributed by atoms with E-state index >= 15 is 0 Å². The van der Waals surface area contributed by atoms with E-state index in [-0.39, 0.29) is 6.04 Å². The van der Waals surface area contributed by atoms with Crippen molar-refractivity contribution in [2.75, 3.05) is 0 Å². The van der Waals surface area contributed by atoms with E-state index in [0.29, 0.717) is 0 Å². The van der Waals surface area contributed by atoms with E-state index in [0.717, 1.165) is 20.5 Å². The second-order valence-corrected chi connectivity index (χ2v) is 5.10. The van der Waals surface area contributed by atoms with Gasteiger partial charge in [-0.2, -0.15) is 0 Å². The predicted molar refractivity (Wildman–Crippen MR) is 64.3 cm³/mol. The van der Waals surface area contributed by atoms with Gasteiger partial charge in [-0.3, -0.25) is 4.98 Å². The number of rotatable bonds is 2. The van der Waals surface area contributed by atoms with Gasteiger partial charge in [-0.1, -0.05) is 11.6 Å². The lowest BCUT2D eigenvalue weighted by Crippen LogP contribution is -2.10. The highest BCUT2D eigenvalue weighted by Crippen LogP contribution is 2.29. The molecule has 0 radical (unpaired) electrons. The highest BCUT2D eigenvalue weighted by atomic mass is 35.5. The molecule has 15 heavy (non-hydrogen) atoms. The van der Waals surface area contributed by atoms with Crippen molar-refractivity contribution in [2.45, 2.75) is 13.0 Å². The zero-order valence-electron chi connectivity index (χ0n) is 8.27. The Bertz CT molecular complexity index is 467. The minimum absolute atomic E-state index is 0.107. The third-order valence-corrected chi connectivity index (χ3v) is 3.49. The van der Waals surface area contributed by atoms with Crippen LogP contribution in [0.2, 0.25) is 4.34 Å². The maximum absolute atomic E-state index is 6.12. The molecule has 0 fully saturated rings. The first-order chi connectivity index (χ1) is 7.16. The molecule has 0 saturated heterocycles. The molecule has 2 aromatic rings. The minimum Gasteiger partial charge on any atom is -0.320 e. The fraction of sp³-hybridized carbons (Fsp3) is 0.182. The van der Waals surface area contributed by atoms with Crippen LogP contribution in [0.3, 0.4) is 0 Å². The molecular formula is C11H11ClN2S. The van der Waals surface area contributed by atoms with Crippen LogP contribution in [0.4, 0.5) is 0 Å². The van der Waals surface area contributed by atoms with E-state index in [4.69, 9.17) is 17.3 Å². The maximum Gasteiger partial charge on any atom is 0.0931 e. The van der Waals surface area contributed by atoms with Crippen LogP contribution in [0, 0.1) is 6.92 Å². The van der Waals surface area contributed by atoms with Crippen molar-refractivity contribution < 1.29 is 0 Å². The molecule has 78 valence electrons. The van der Waals surface area contributed by atoms with Gasteiger partial charge in [-0.25, -0.2) is 0 Å². The molecule has 0 aromatic carbocycles. The van der Waals surface area contributed by atoms with Gasteiger partial charge in [0.25, 0.3) is 0 Å². The number of aromatic nitrogens is 1. The van der Waals surface area contributed by atoms with Gasteiger partial charge in [0.05, 0.1) is 10.4 Å². The summed E-state index contributed by atoms with van der Waals surface area (Å²) in [5.74, 6) is 0. The van der Waals surface area contributed by atoms with Crippen molar-refractivity contribution in [3.63, 3.8) is 0 Å². The summed E-state index contributed by atoms with van der Waals surface area (Å²) in [6.45, 7) is 1.96. The van der Waals surface area contributed by atoms with Gasteiger partial charge in [0.2, 0.25) is 0 Å². The number of hydrogen-bond donors (Lipinski definition) is 1. The highest BCUT2D eigenvalue weighted by Gasteiger charge is 2.11. The van der Waals surface area contributed by atoms with Crippen molar-refractivity contribution in [3.8, 4) is 0 Å². The van der Waals surface area contributed by atoms with Gasteiger partial charge in [-0.15, -0.1) is 11.3 Å². The van der Waals surface area contributed by atoms with Crippen LogP contribution in [0.15, 0.2) is 30.5 Å². The Morgan fingerprint density at radius 3 is 2.80 bits per heavy atom. The number of aryl methyl sites for hydroxylation is 1. The average Bonchev–Trinajstić information content (AvgIpc) is 2.64. The largest absolute Gasteiger partial charge is 0.320 e. The van der Waals surface area contributed by atoms with Crippen LogP contribution >= 0.6 is 22.9 Å². The first-order valence-electron chi connectivity index (χ1n) is 4.60. The minimum atomic E-state index is -0.107. The van der Waals surface area contributed by atoms with E-state index in [1.807, 2.05) is 31.2 Å². The lowest BCUT2D eigenvalue weighted by molar-refractivity contribution is 0.885. The van der Waals surface area contributed by atoms with E-state index in [9.17, 15) is 0 Å². The van der Waals surface area contributed by atoms with E-state index < -0.39 is 0 Å². The van der Waals surface area contributed by atoms with Crippen molar-refractivity contribution in [1.82, 2.24) is 4.98 Å². The number of thiophene rings is 1. The summed E-state index contributed by atoms with van der Waals surface area (Å²) in [6, 6.07) is 7.66. The van der Waals surface area contributed by atoms with Gasteiger partial charge in [0.1, 0.15) is 0 Å². The number of nitrogens with zero attached hydrogens (tertiary/aromatic N) is 1. The van der Waals surface area contributed by atoms with Crippen molar-refractivity contribution >= 4 is 22.9 Å². The molecule has 2 aromatic heterocycles. The molecule has 2 N–H and O–H groups in total. The summed E-state index contributed by atoms with van der Waals surface area (Å²) < 4.78 is 0.770. The standard InChI is InChI=1S/C11H11ClN2S/c1-7-6-8(4-5-14-7)11(13)9-2-3-10(12)15-9/h2-6,11H,13H2,1H3. The van der Waals surface area contributed by atoms with Gasteiger partial charge in [0.15, 0.2) is 0 Å². The van der Waals surface area contributed by atoms with Crippen LogP contribution < -0.4 is 5.73 Å². The molecule has 0 bridgehead atoms. The molecule has 0 aliphatic heterocycles. The molecule has 2 rings (SSSR count). The zero-order valence-corrected chi connectivity index (χ0v) is 9.85. The number of pyridine rings is 1. The van der Waals surface area contributed by atoms with Crippen LogP contribution in [-0.2, 0) is 0 Å². The fourth-order valence-corrected chi connectivity index (χ4v) is 2.51. The highest BCUT2D eigenvalue weighted by molar-refractivity contribution is 7.16. The van der Waals surface area contributed by atoms with Crippen LogP contribution in [0.5, 0.6) is 0 Å². The molecule has 2 nitrogen and oxygen atoms in total. The molecule has 0 aliphatic carbocycles. The van der Waals surface area contributed by atoms with E-state index in [1.54, 1.807) is 6.20 Å². The Labute approximate surface area is 97.7 Å². The SMILES string of the molecule is Cc1cc(C(N)c2ccc(Cl)s2)ccn1. The van der Waals surface area contributed by atoms with Gasteiger partial charge >= 0.3 is 0 Å². The van der Waals surface area contributed by atoms with Crippen LogP contribution in [0.25, 0.3) is 0 Å². The summed E-state index contributed by atoms with van der Waals surface area (Å²) in [7, 11) is 0. The second kappa shape index (κ2) is 4.31.